The van der Waals surface area contributed by atoms with Gasteiger partial charge in [-0.1, -0.05) is 6.07 Å². The third-order valence-corrected chi connectivity index (χ3v) is 4.14. The molecule has 0 saturated carbocycles. The van der Waals surface area contributed by atoms with Gasteiger partial charge in [0.1, 0.15) is 0 Å². The molecule has 114 valence electrons. The quantitative estimate of drug-likeness (QED) is 0.875. The fraction of sp³-hybridized carbons (Fsp3) is 0.500. The molecule has 0 amide bonds. The summed E-state index contributed by atoms with van der Waals surface area (Å²) in [6.45, 7) is 2.71. The Hall–Kier alpha value is -1.12. The molecular formula is C12H16F3NO3S. The van der Waals surface area contributed by atoms with E-state index in [0.717, 1.165) is 12.1 Å². The highest BCUT2D eigenvalue weighted by Crippen LogP contribution is 2.33. The molecule has 0 aliphatic carbocycles. The molecule has 1 aromatic carbocycles. The minimum Gasteiger partial charge on any atom is -0.393 e. The third-order valence-electron chi connectivity index (χ3n) is 2.68. The van der Waals surface area contributed by atoms with Crippen LogP contribution in [0.5, 0.6) is 0 Å². The lowest BCUT2D eigenvalue weighted by Crippen LogP contribution is -2.27. The van der Waals surface area contributed by atoms with Crippen molar-refractivity contribution in [1.82, 2.24) is 4.72 Å². The Morgan fingerprint density at radius 3 is 2.45 bits per heavy atom. The molecule has 1 aromatic rings. The minimum atomic E-state index is -4.60. The van der Waals surface area contributed by atoms with Crippen LogP contribution in [0.2, 0.25) is 0 Å². The van der Waals surface area contributed by atoms with Crippen LogP contribution in [0.1, 0.15) is 24.5 Å². The van der Waals surface area contributed by atoms with Gasteiger partial charge in [0, 0.05) is 6.54 Å². The summed E-state index contributed by atoms with van der Waals surface area (Å²) in [7, 11) is -4.02. The molecule has 0 heterocycles. The van der Waals surface area contributed by atoms with E-state index in [2.05, 4.69) is 4.72 Å². The van der Waals surface area contributed by atoms with E-state index in [0.29, 0.717) is 6.07 Å². The maximum absolute atomic E-state index is 12.7. The molecule has 0 aliphatic rings. The summed E-state index contributed by atoms with van der Waals surface area (Å²) in [6, 6.07) is 2.85. The van der Waals surface area contributed by atoms with Crippen LogP contribution < -0.4 is 4.72 Å². The average molecular weight is 311 g/mol. The molecule has 1 rings (SSSR count). The lowest BCUT2D eigenvalue weighted by Gasteiger charge is -2.13. The first-order valence-electron chi connectivity index (χ1n) is 5.89. The second kappa shape index (κ2) is 6.11. The fourth-order valence-electron chi connectivity index (χ4n) is 1.56. The highest BCUT2D eigenvalue weighted by atomic mass is 32.2. The summed E-state index contributed by atoms with van der Waals surface area (Å²) in [5.74, 6) is 0. The Labute approximate surface area is 115 Å². The maximum atomic E-state index is 12.7. The minimum absolute atomic E-state index is 0.0413. The first kappa shape index (κ1) is 16.9. The Morgan fingerprint density at radius 1 is 1.35 bits per heavy atom. The predicted octanol–water partition coefficient (Wildman–Crippen LogP) is 2.06. The SMILES string of the molecule is Cc1ccc(S(=O)(=O)NCCC(C)O)cc1C(F)(F)F. The van der Waals surface area contributed by atoms with Crippen molar-refractivity contribution in [3.8, 4) is 0 Å². The molecular weight excluding hydrogens is 295 g/mol. The summed E-state index contributed by atoms with van der Waals surface area (Å²) in [4.78, 5) is -0.444. The van der Waals surface area contributed by atoms with Crippen molar-refractivity contribution in [2.24, 2.45) is 0 Å². The van der Waals surface area contributed by atoms with Crippen molar-refractivity contribution in [3.63, 3.8) is 0 Å². The van der Waals surface area contributed by atoms with Gasteiger partial charge in [0.2, 0.25) is 10.0 Å². The van der Waals surface area contributed by atoms with Crippen LogP contribution >= 0.6 is 0 Å². The van der Waals surface area contributed by atoms with Crippen molar-refractivity contribution < 1.29 is 26.7 Å². The van der Waals surface area contributed by atoms with Gasteiger partial charge in [-0.15, -0.1) is 0 Å². The summed E-state index contributed by atoms with van der Waals surface area (Å²) >= 11 is 0. The number of aryl methyl sites for hydroxylation is 1. The topological polar surface area (TPSA) is 66.4 Å². The molecule has 2 N–H and O–H groups in total. The predicted molar refractivity (Wildman–Crippen MR) is 67.7 cm³/mol. The van der Waals surface area contributed by atoms with Crippen LogP contribution in [0.15, 0.2) is 23.1 Å². The number of nitrogens with one attached hydrogen (secondary N) is 1. The number of aliphatic hydroxyl groups is 1. The Bertz CT molecular complexity index is 568. The van der Waals surface area contributed by atoms with E-state index in [1.807, 2.05) is 0 Å². The largest absolute Gasteiger partial charge is 0.416 e. The highest BCUT2D eigenvalue weighted by Gasteiger charge is 2.33. The van der Waals surface area contributed by atoms with Crippen molar-refractivity contribution in [2.75, 3.05) is 6.54 Å². The van der Waals surface area contributed by atoms with Gasteiger partial charge in [-0.2, -0.15) is 13.2 Å². The lowest BCUT2D eigenvalue weighted by atomic mass is 10.1. The normalized spacial score (nSPS) is 14.3. The summed E-state index contributed by atoms with van der Waals surface area (Å²) in [6.07, 6.45) is -5.12. The van der Waals surface area contributed by atoms with Gasteiger partial charge >= 0.3 is 6.18 Å². The van der Waals surface area contributed by atoms with E-state index >= 15 is 0 Å². The van der Waals surface area contributed by atoms with E-state index in [1.165, 1.54) is 13.8 Å². The average Bonchev–Trinajstić information content (AvgIpc) is 2.26. The van der Waals surface area contributed by atoms with Crippen LogP contribution in [0.25, 0.3) is 0 Å². The highest BCUT2D eigenvalue weighted by molar-refractivity contribution is 7.89. The number of sulfonamides is 1. The smallest absolute Gasteiger partial charge is 0.393 e. The van der Waals surface area contributed by atoms with Crippen molar-refractivity contribution in [2.45, 2.75) is 37.4 Å². The molecule has 0 fully saturated rings. The Morgan fingerprint density at radius 2 is 1.95 bits per heavy atom. The van der Waals surface area contributed by atoms with Gasteiger partial charge in [-0.3, -0.25) is 0 Å². The number of hydrogen-bond donors (Lipinski definition) is 2. The standard InChI is InChI=1S/C12H16F3NO3S/c1-8-3-4-10(7-11(8)12(13,14)15)20(18,19)16-6-5-9(2)17/h3-4,7,9,16-17H,5-6H2,1-2H3. The van der Waals surface area contributed by atoms with Gasteiger partial charge in [0.05, 0.1) is 16.6 Å². The van der Waals surface area contributed by atoms with Crippen LogP contribution in [0.3, 0.4) is 0 Å². The van der Waals surface area contributed by atoms with Crippen LogP contribution in [0, 0.1) is 6.92 Å². The Balaban J connectivity index is 3.02. The summed E-state index contributed by atoms with van der Waals surface area (Å²) < 4.78 is 64.0. The zero-order valence-electron chi connectivity index (χ0n) is 11.0. The van der Waals surface area contributed by atoms with Crippen molar-refractivity contribution in [1.29, 1.82) is 0 Å². The third kappa shape index (κ3) is 4.46. The second-order valence-corrected chi connectivity index (χ2v) is 6.28. The molecule has 0 radical (unpaired) electrons. The maximum Gasteiger partial charge on any atom is 0.416 e. The molecule has 20 heavy (non-hydrogen) atoms. The molecule has 1 atom stereocenters. The summed E-state index contributed by atoms with van der Waals surface area (Å²) in [5, 5.41) is 9.02. The van der Waals surface area contributed by atoms with Gasteiger partial charge in [0.25, 0.3) is 0 Å². The van der Waals surface area contributed by atoms with Crippen LogP contribution in [-0.4, -0.2) is 26.2 Å². The number of alkyl halides is 3. The van der Waals surface area contributed by atoms with E-state index in [4.69, 9.17) is 5.11 Å². The number of aliphatic hydroxyl groups excluding tert-OH is 1. The molecule has 0 aliphatic heterocycles. The van der Waals surface area contributed by atoms with Crippen molar-refractivity contribution in [3.05, 3.63) is 29.3 Å². The molecule has 0 aromatic heterocycles. The number of halogens is 3. The van der Waals surface area contributed by atoms with E-state index in [-0.39, 0.29) is 18.5 Å². The first-order valence-corrected chi connectivity index (χ1v) is 7.38. The number of benzene rings is 1. The van der Waals surface area contributed by atoms with Gasteiger partial charge < -0.3 is 5.11 Å². The molecule has 0 spiro atoms. The van der Waals surface area contributed by atoms with E-state index in [1.54, 1.807) is 0 Å². The zero-order valence-corrected chi connectivity index (χ0v) is 11.8. The molecule has 0 bridgehead atoms. The fourth-order valence-corrected chi connectivity index (χ4v) is 2.63. The molecule has 8 heteroatoms. The summed E-state index contributed by atoms with van der Waals surface area (Å²) in [5.41, 5.74) is -1.02. The molecule has 1 unspecified atom stereocenters. The van der Waals surface area contributed by atoms with Gasteiger partial charge in [-0.05, 0) is 38.0 Å². The van der Waals surface area contributed by atoms with Crippen LogP contribution in [0.4, 0.5) is 13.2 Å². The molecule has 4 nitrogen and oxygen atoms in total. The zero-order chi connectivity index (χ0) is 15.6. The van der Waals surface area contributed by atoms with E-state index in [9.17, 15) is 21.6 Å². The number of hydrogen-bond acceptors (Lipinski definition) is 3. The first-order chi connectivity index (χ1) is 9.04. The lowest BCUT2D eigenvalue weighted by molar-refractivity contribution is -0.138. The Kier molecular flexibility index (Phi) is 5.17. The van der Waals surface area contributed by atoms with Gasteiger partial charge in [0.15, 0.2) is 0 Å². The number of rotatable bonds is 5. The van der Waals surface area contributed by atoms with Gasteiger partial charge in [-0.25, -0.2) is 13.1 Å². The van der Waals surface area contributed by atoms with Crippen molar-refractivity contribution >= 4 is 10.0 Å². The second-order valence-electron chi connectivity index (χ2n) is 4.51. The van der Waals surface area contributed by atoms with Crippen LogP contribution in [-0.2, 0) is 16.2 Å². The monoisotopic (exact) mass is 311 g/mol. The molecule has 0 saturated heterocycles. The van der Waals surface area contributed by atoms with E-state index < -0.39 is 32.8 Å².